The minimum Gasteiger partial charge on any atom is -0.361 e. The molecule has 3 heterocycles. The summed E-state index contributed by atoms with van der Waals surface area (Å²) in [6, 6.07) is 14.6. The van der Waals surface area contributed by atoms with Crippen LogP contribution in [0.4, 0.5) is 11.5 Å². The molecule has 0 unspecified atom stereocenters. The van der Waals surface area contributed by atoms with Crippen molar-refractivity contribution in [1.82, 2.24) is 4.90 Å². The Morgan fingerprint density at radius 1 is 1.00 bits per heavy atom. The summed E-state index contributed by atoms with van der Waals surface area (Å²) in [5.41, 5.74) is 1.21. The van der Waals surface area contributed by atoms with Crippen molar-refractivity contribution in [3.63, 3.8) is 0 Å². The summed E-state index contributed by atoms with van der Waals surface area (Å²) in [4.78, 5) is 24.0. The van der Waals surface area contributed by atoms with Crippen molar-refractivity contribution in [2.75, 3.05) is 54.8 Å². The van der Waals surface area contributed by atoms with E-state index < -0.39 is 0 Å². The molecule has 0 bridgehead atoms. The van der Waals surface area contributed by atoms with Crippen molar-refractivity contribution in [1.29, 1.82) is 0 Å². The van der Waals surface area contributed by atoms with Crippen LogP contribution in [0.15, 0.2) is 53.6 Å². The normalized spacial score (nSPS) is 17.6. The topological polar surface area (TPSA) is 40.9 Å². The molecular formula is C20H25N4OS+. The van der Waals surface area contributed by atoms with E-state index in [-0.39, 0.29) is 5.91 Å². The predicted molar refractivity (Wildman–Crippen MR) is 106 cm³/mol. The SMILES string of the molecule is O=C(CN1CCCSc2ccccc21)N1CCN(c2cccc[nH+]2)CC1. The number of para-hydroxylation sites is 1. The van der Waals surface area contributed by atoms with Crippen LogP contribution in [0.1, 0.15) is 6.42 Å². The fourth-order valence-corrected chi connectivity index (χ4v) is 4.62. The highest BCUT2D eigenvalue weighted by Gasteiger charge is 2.27. The standard InChI is InChI=1S/C20H24N4OS/c25-20(16-24-10-5-15-26-18-7-2-1-6-17(18)24)23-13-11-22(12-14-23)19-8-3-4-9-21-19/h1-4,6-9H,5,10-16H2/p+1. The van der Waals surface area contributed by atoms with E-state index in [1.54, 1.807) is 0 Å². The van der Waals surface area contributed by atoms with Crippen molar-refractivity contribution in [3.8, 4) is 0 Å². The van der Waals surface area contributed by atoms with Gasteiger partial charge in [-0.15, -0.1) is 11.8 Å². The number of carbonyl (C=O) groups excluding carboxylic acids is 1. The van der Waals surface area contributed by atoms with Crippen LogP contribution in [0.5, 0.6) is 0 Å². The first-order valence-corrected chi connectivity index (χ1v) is 10.3. The zero-order valence-electron chi connectivity index (χ0n) is 14.9. The lowest BCUT2D eigenvalue weighted by atomic mass is 10.2. The molecule has 1 aromatic heterocycles. The van der Waals surface area contributed by atoms with Gasteiger partial charge in [-0.2, -0.15) is 0 Å². The minimum atomic E-state index is 0.239. The Balaban J connectivity index is 1.37. The molecule has 1 N–H and O–H groups in total. The van der Waals surface area contributed by atoms with Gasteiger partial charge in [0.05, 0.1) is 31.5 Å². The van der Waals surface area contributed by atoms with Crippen LogP contribution < -0.4 is 14.8 Å². The monoisotopic (exact) mass is 369 g/mol. The lowest BCUT2D eigenvalue weighted by molar-refractivity contribution is -0.364. The first kappa shape index (κ1) is 17.2. The summed E-state index contributed by atoms with van der Waals surface area (Å²) in [5, 5.41) is 0. The number of thioether (sulfide) groups is 1. The highest BCUT2D eigenvalue weighted by Crippen LogP contribution is 2.33. The average Bonchev–Trinajstić information content (AvgIpc) is 2.91. The maximum atomic E-state index is 12.9. The number of aromatic amines is 1. The van der Waals surface area contributed by atoms with Crippen LogP contribution in [0.3, 0.4) is 0 Å². The Bertz CT molecular complexity index is 746. The van der Waals surface area contributed by atoms with Crippen molar-refractivity contribution in [2.24, 2.45) is 0 Å². The number of benzene rings is 1. The van der Waals surface area contributed by atoms with E-state index in [2.05, 4.69) is 45.1 Å². The molecule has 26 heavy (non-hydrogen) atoms. The Kier molecular flexibility index (Phi) is 5.29. The van der Waals surface area contributed by atoms with Gasteiger partial charge in [-0.05, 0) is 30.4 Å². The second-order valence-corrected chi connectivity index (χ2v) is 7.84. The lowest BCUT2D eigenvalue weighted by Crippen LogP contribution is -2.52. The number of rotatable bonds is 3. The largest absolute Gasteiger partial charge is 0.361 e. The molecular weight excluding hydrogens is 344 g/mol. The molecule has 0 radical (unpaired) electrons. The van der Waals surface area contributed by atoms with Crippen LogP contribution >= 0.6 is 11.8 Å². The van der Waals surface area contributed by atoms with Gasteiger partial charge in [-0.25, -0.2) is 4.98 Å². The van der Waals surface area contributed by atoms with Crippen LogP contribution in [0, 0.1) is 0 Å². The molecule has 4 rings (SSSR count). The highest BCUT2D eigenvalue weighted by molar-refractivity contribution is 7.99. The number of nitrogens with zero attached hydrogens (tertiary/aromatic N) is 3. The molecule has 1 aromatic carbocycles. The van der Waals surface area contributed by atoms with Crippen LogP contribution in [-0.4, -0.2) is 55.8 Å². The second kappa shape index (κ2) is 7.99. The molecule has 5 nitrogen and oxygen atoms in total. The number of pyridine rings is 1. The lowest BCUT2D eigenvalue weighted by Gasteiger charge is -2.33. The van der Waals surface area contributed by atoms with E-state index in [4.69, 9.17) is 0 Å². The molecule has 136 valence electrons. The average molecular weight is 370 g/mol. The van der Waals surface area contributed by atoms with E-state index in [1.165, 1.54) is 10.6 Å². The molecule has 2 aromatic rings. The summed E-state index contributed by atoms with van der Waals surface area (Å²) < 4.78 is 0. The predicted octanol–water partition coefficient (Wildman–Crippen LogP) is 2.15. The molecule has 1 amide bonds. The molecule has 1 fully saturated rings. The Hall–Kier alpha value is -2.21. The molecule has 0 atom stereocenters. The van der Waals surface area contributed by atoms with Gasteiger partial charge >= 0.3 is 0 Å². The molecule has 0 saturated carbocycles. The van der Waals surface area contributed by atoms with Crippen molar-refractivity contribution in [3.05, 3.63) is 48.7 Å². The number of piperazine rings is 1. The molecule has 2 aliphatic heterocycles. The number of anilines is 2. The summed E-state index contributed by atoms with van der Waals surface area (Å²) in [6.07, 6.45) is 3.06. The summed E-state index contributed by atoms with van der Waals surface area (Å²) in [6.45, 7) is 4.75. The van der Waals surface area contributed by atoms with Gasteiger partial charge in [0.1, 0.15) is 13.1 Å². The van der Waals surface area contributed by atoms with Crippen molar-refractivity contribution in [2.45, 2.75) is 11.3 Å². The fourth-order valence-electron chi connectivity index (χ4n) is 3.60. The zero-order chi connectivity index (χ0) is 17.8. The van der Waals surface area contributed by atoms with Crippen molar-refractivity contribution >= 4 is 29.2 Å². The maximum absolute atomic E-state index is 12.9. The van der Waals surface area contributed by atoms with Crippen molar-refractivity contribution < 1.29 is 9.78 Å². The van der Waals surface area contributed by atoms with Crippen LogP contribution in [0.2, 0.25) is 0 Å². The summed E-state index contributed by atoms with van der Waals surface area (Å²) >= 11 is 1.90. The quantitative estimate of drug-likeness (QED) is 0.831. The number of H-pyrrole nitrogens is 1. The second-order valence-electron chi connectivity index (χ2n) is 6.71. The molecule has 2 aliphatic rings. The number of hydrogen-bond acceptors (Lipinski definition) is 4. The van der Waals surface area contributed by atoms with Crippen LogP contribution in [0.25, 0.3) is 0 Å². The van der Waals surface area contributed by atoms with Gasteiger partial charge in [0.2, 0.25) is 5.91 Å². The zero-order valence-corrected chi connectivity index (χ0v) is 15.8. The minimum absolute atomic E-state index is 0.239. The van der Waals surface area contributed by atoms with E-state index in [9.17, 15) is 4.79 Å². The van der Waals surface area contributed by atoms with Gasteiger partial charge in [-0.1, -0.05) is 18.2 Å². The van der Waals surface area contributed by atoms with E-state index >= 15 is 0 Å². The van der Waals surface area contributed by atoms with Gasteiger partial charge in [0.15, 0.2) is 0 Å². The smallest absolute Gasteiger partial charge is 0.274 e. The third-order valence-corrected chi connectivity index (χ3v) is 6.18. The third-order valence-electron chi connectivity index (χ3n) is 5.03. The number of carbonyl (C=O) groups is 1. The third kappa shape index (κ3) is 3.80. The number of amides is 1. The first-order valence-electron chi connectivity index (χ1n) is 9.27. The van der Waals surface area contributed by atoms with E-state index in [0.717, 1.165) is 50.7 Å². The molecule has 6 heteroatoms. The molecule has 0 spiro atoms. The summed E-state index contributed by atoms with van der Waals surface area (Å²) in [5.74, 6) is 2.48. The molecule has 0 aliphatic carbocycles. The Morgan fingerprint density at radius 2 is 1.81 bits per heavy atom. The van der Waals surface area contributed by atoms with E-state index in [1.807, 2.05) is 35.0 Å². The number of fused-ring (bicyclic) bond motifs is 1. The maximum Gasteiger partial charge on any atom is 0.274 e. The highest BCUT2D eigenvalue weighted by atomic mass is 32.2. The molecule has 1 saturated heterocycles. The van der Waals surface area contributed by atoms with Gasteiger partial charge in [0.25, 0.3) is 5.82 Å². The van der Waals surface area contributed by atoms with Gasteiger partial charge < -0.3 is 9.80 Å². The number of aromatic nitrogens is 1. The van der Waals surface area contributed by atoms with Gasteiger partial charge in [0, 0.05) is 17.5 Å². The van der Waals surface area contributed by atoms with E-state index in [0.29, 0.717) is 6.54 Å². The number of nitrogens with one attached hydrogen (secondary N) is 1. The summed E-state index contributed by atoms with van der Waals surface area (Å²) in [7, 11) is 0. The van der Waals surface area contributed by atoms with Crippen LogP contribution in [-0.2, 0) is 4.79 Å². The van der Waals surface area contributed by atoms with Gasteiger partial charge in [-0.3, -0.25) is 9.69 Å². The Labute approximate surface area is 159 Å². The number of hydrogen-bond donors (Lipinski definition) is 0. The first-order chi connectivity index (χ1) is 12.8. The Morgan fingerprint density at radius 3 is 2.62 bits per heavy atom. The fraction of sp³-hybridized carbons (Fsp3) is 0.400.